The van der Waals surface area contributed by atoms with Crippen molar-refractivity contribution in [2.45, 2.75) is 19.6 Å². The van der Waals surface area contributed by atoms with Crippen molar-refractivity contribution in [3.8, 4) is 11.5 Å². The Bertz CT molecular complexity index is 609. The number of oxime groups is 1. The number of nitrogens with zero attached hydrogens (tertiary/aromatic N) is 1. The van der Waals surface area contributed by atoms with Crippen LogP contribution in [0.1, 0.15) is 11.1 Å². The standard InChI is InChI=1S/C18H23NO3Si/c1-20-16-10-6-14(7-11-16)18(19-22-23(3,4)5)15-8-12-17(21-2)13-9-15/h6-13H,1-5H3. The van der Waals surface area contributed by atoms with Crippen molar-refractivity contribution in [3.05, 3.63) is 59.7 Å². The van der Waals surface area contributed by atoms with E-state index in [0.29, 0.717) is 0 Å². The molecule has 4 nitrogen and oxygen atoms in total. The maximum atomic E-state index is 5.78. The molecule has 0 N–H and O–H groups in total. The molecule has 5 heteroatoms. The lowest BCUT2D eigenvalue weighted by Crippen LogP contribution is -2.23. The normalized spacial score (nSPS) is 10.8. The second kappa shape index (κ2) is 7.33. The van der Waals surface area contributed by atoms with Crippen LogP contribution in [0.25, 0.3) is 0 Å². The molecular weight excluding hydrogens is 306 g/mol. The molecule has 0 spiro atoms. The lowest BCUT2D eigenvalue weighted by Gasteiger charge is -2.16. The maximum absolute atomic E-state index is 5.78. The third-order valence-corrected chi connectivity index (χ3v) is 3.78. The Morgan fingerprint density at radius 1 is 0.739 bits per heavy atom. The third-order valence-electron chi connectivity index (χ3n) is 3.14. The van der Waals surface area contributed by atoms with E-state index < -0.39 is 8.32 Å². The summed E-state index contributed by atoms with van der Waals surface area (Å²) in [5.41, 5.74) is 2.76. The fraction of sp³-hybridized carbons (Fsp3) is 0.278. The van der Waals surface area contributed by atoms with Gasteiger partial charge in [0.2, 0.25) is 0 Å². The van der Waals surface area contributed by atoms with Crippen molar-refractivity contribution < 1.29 is 14.0 Å². The van der Waals surface area contributed by atoms with Crippen LogP contribution in [-0.4, -0.2) is 28.2 Å². The van der Waals surface area contributed by atoms with Crippen molar-refractivity contribution in [2.75, 3.05) is 14.2 Å². The number of hydrogen-bond acceptors (Lipinski definition) is 4. The fourth-order valence-corrected chi connectivity index (χ4v) is 2.32. The molecule has 0 aliphatic rings. The molecule has 122 valence electrons. The van der Waals surface area contributed by atoms with Crippen LogP contribution in [0, 0.1) is 0 Å². The molecule has 0 aromatic heterocycles. The molecule has 2 aromatic carbocycles. The highest BCUT2D eigenvalue weighted by Crippen LogP contribution is 2.19. The summed E-state index contributed by atoms with van der Waals surface area (Å²) in [5, 5.41) is 4.44. The average Bonchev–Trinajstić information content (AvgIpc) is 2.55. The summed E-state index contributed by atoms with van der Waals surface area (Å²) in [6.07, 6.45) is 0. The third kappa shape index (κ3) is 4.86. The van der Waals surface area contributed by atoms with Crippen LogP contribution >= 0.6 is 0 Å². The minimum Gasteiger partial charge on any atom is -0.497 e. The summed E-state index contributed by atoms with van der Waals surface area (Å²) >= 11 is 0. The minimum absolute atomic E-state index is 0.803. The summed E-state index contributed by atoms with van der Waals surface area (Å²) in [6, 6.07) is 15.6. The van der Waals surface area contributed by atoms with Gasteiger partial charge >= 0.3 is 0 Å². The lowest BCUT2D eigenvalue weighted by atomic mass is 10.0. The van der Waals surface area contributed by atoms with Crippen LogP contribution in [0.5, 0.6) is 11.5 Å². The van der Waals surface area contributed by atoms with Gasteiger partial charge < -0.3 is 14.0 Å². The van der Waals surface area contributed by atoms with Crippen LogP contribution in [-0.2, 0) is 4.53 Å². The van der Waals surface area contributed by atoms with Gasteiger partial charge in [0, 0.05) is 11.1 Å². The average molecular weight is 329 g/mol. The topological polar surface area (TPSA) is 40.0 Å². The zero-order valence-corrected chi connectivity index (χ0v) is 15.3. The highest BCUT2D eigenvalue weighted by Gasteiger charge is 2.17. The Morgan fingerprint density at radius 2 is 1.13 bits per heavy atom. The predicted molar refractivity (Wildman–Crippen MR) is 96.1 cm³/mol. The van der Waals surface area contributed by atoms with E-state index in [1.54, 1.807) is 14.2 Å². The molecule has 0 heterocycles. The largest absolute Gasteiger partial charge is 0.497 e. The van der Waals surface area contributed by atoms with Crippen LogP contribution in [0.2, 0.25) is 19.6 Å². The van der Waals surface area contributed by atoms with Gasteiger partial charge in [-0.15, -0.1) is 5.16 Å². The van der Waals surface area contributed by atoms with Crippen LogP contribution in [0.4, 0.5) is 0 Å². The molecule has 0 saturated heterocycles. The van der Waals surface area contributed by atoms with Gasteiger partial charge in [-0.25, -0.2) is 0 Å². The molecule has 0 radical (unpaired) electrons. The van der Waals surface area contributed by atoms with Gasteiger partial charge in [0.05, 0.1) is 14.2 Å². The Kier molecular flexibility index (Phi) is 5.44. The van der Waals surface area contributed by atoms with E-state index in [0.717, 1.165) is 28.3 Å². The highest BCUT2D eigenvalue weighted by atomic mass is 28.4. The summed E-state index contributed by atoms with van der Waals surface area (Å²) in [4.78, 5) is 0. The van der Waals surface area contributed by atoms with E-state index in [1.165, 1.54) is 0 Å². The van der Waals surface area contributed by atoms with Crippen molar-refractivity contribution in [3.63, 3.8) is 0 Å². The van der Waals surface area contributed by atoms with Gasteiger partial charge in [-0.3, -0.25) is 0 Å². The first kappa shape index (κ1) is 17.1. The molecule has 0 aliphatic carbocycles. The van der Waals surface area contributed by atoms with E-state index in [1.807, 2.05) is 48.5 Å². The van der Waals surface area contributed by atoms with Crippen molar-refractivity contribution in [2.24, 2.45) is 5.16 Å². The first-order valence-electron chi connectivity index (χ1n) is 7.48. The Hall–Kier alpha value is -2.27. The number of ether oxygens (including phenoxy) is 2. The van der Waals surface area contributed by atoms with E-state index >= 15 is 0 Å². The number of hydrogen-bond donors (Lipinski definition) is 0. The molecule has 0 bridgehead atoms. The number of benzene rings is 2. The number of rotatable bonds is 6. The van der Waals surface area contributed by atoms with Gasteiger partial charge in [-0.2, -0.15) is 0 Å². The summed E-state index contributed by atoms with van der Waals surface area (Å²) < 4.78 is 16.2. The van der Waals surface area contributed by atoms with Crippen LogP contribution in [0.3, 0.4) is 0 Å². The van der Waals surface area contributed by atoms with Crippen molar-refractivity contribution in [1.82, 2.24) is 0 Å². The highest BCUT2D eigenvalue weighted by molar-refractivity contribution is 6.69. The van der Waals surface area contributed by atoms with Gasteiger partial charge in [-0.05, 0) is 68.2 Å². The molecule has 2 aromatic rings. The Morgan fingerprint density at radius 3 is 1.43 bits per heavy atom. The van der Waals surface area contributed by atoms with E-state index in [9.17, 15) is 0 Å². The van der Waals surface area contributed by atoms with E-state index in [2.05, 4.69) is 24.8 Å². The zero-order chi connectivity index (χ0) is 16.9. The van der Waals surface area contributed by atoms with Gasteiger partial charge in [0.25, 0.3) is 8.32 Å². The summed E-state index contributed by atoms with van der Waals surface area (Å²) in [7, 11) is 1.55. The molecule has 23 heavy (non-hydrogen) atoms. The second-order valence-electron chi connectivity index (χ2n) is 6.10. The molecule has 0 aliphatic heterocycles. The smallest absolute Gasteiger partial charge is 0.278 e. The monoisotopic (exact) mass is 329 g/mol. The molecule has 0 atom stereocenters. The Balaban J connectivity index is 2.41. The summed E-state index contributed by atoms with van der Waals surface area (Å²) in [5.74, 6) is 1.63. The van der Waals surface area contributed by atoms with E-state index in [4.69, 9.17) is 14.0 Å². The quantitative estimate of drug-likeness (QED) is 0.450. The van der Waals surface area contributed by atoms with Crippen molar-refractivity contribution >= 4 is 14.0 Å². The molecule has 0 unspecified atom stereocenters. The zero-order valence-electron chi connectivity index (χ0n) is 14.3. The molecule has 0 saturated carbocycles. The number of methoxy groups -OCH3 is 2. The van der Waals surface area contributed by atoms with E-state index in [-0.39, 0.29) is 0 Å². The molecule has 2 rings (SSSR count). The van der Waals surface area contributed by atoms with Gasteiger partial charge in [-0.1, -0.05) is 0 Å². The predicted octanol–water partition coefficient (Wildman–Crippen LogP) is 4.31. The lowest BCUT2D eigenvalue weighted by molar-refractivity contribution is 0.336. The second-order valence-corrected chi connectivity index (χ2v) is 10.5. The van der Waals surface area contributed by atoms with Crippen LogP contribution in [0.15, 0.2) is 53.7 Å². The van der Waals surface area contributed by atoms with Crippen LogP contribution < -0.4 is 9.47 Å². The van der Waals surface area contributed by atoms with Gasteiger partial charge in [0.15, 0.2) is 0 Å². The molecule has 0 amide bonds. The molecular formula is C18H23NO3Si. The summed E-state index contributed by atoms with van der Waals surface area (Å²) in [6.45, 7) is 6.32. The van der Waals surface area contributed by atoms with Gasteiger partial charge in [0.1, 0.15) is 17.2 Å². The molecule has 0 fully saturated rings. The first-order valence-corrected chi connectivity index (χ1v) is 10.9. The maximum Gasteiger partial charge on any atom is 0.278 e. The first-order chi connectivity index (χ1) is 10.9. The Labute approximate surface area is 138 Å². The minimum atomic E-state index is -1.76. The SMILES string of the molecule is COc1ccc(C(=NO[Si](C)(C)C)c2ccc(OC)cc2)cc1. The fourth-order valence-electron chi connectivity index (χ4n) is 1.95. The van der Waals surface area contributed by atoms with Crippen molar-refractivity contribution in [1.29, 1.82) is 0 Å².